The molecular weight excluding hydrogens is 467 g/mol. The zero-order chi connectivity index (χ0) is 13.4. The van der Waals surface area contributed by atoms with Gasteiger partial charge in [0.05, 0.1) is 19.3 Å². The van der Waals surface area contributed by atoms with Gasteiger partial charge in [-0.3, -0.25) is 0 Å². The van der Waals surface area contributed by atoms with Crippen LogP contribution in [0.5, 0.6) is 0 Å². The number of aliphatic hydroxyl groups is 1. The van der Waals surface area contributed by atoms with E-state index in [2.05, 4.69) is 13.8 Å². The Hall–Kier alpha value is 1.32. The minimum absolute atomic E-state index is 0. The van der Waals surface area contributed by atoms with Crippen LogP contribution < -0.4 is 0 Å². The summed E-state index contributed by atoms with van der Waals surface area (Å²) in [6.45, 7) is 6.25. The Morgan fingerprint density at radius 2 is 1.80 bits per heavy atom. The second kappa shape index (κ2) is 7.73. The fraction of sp³-hybridized carbons (Fsp3) is 1.00. The molecule has 1 heterocycles. The van der Waals surface area contributed by atoms with Gasteiger partial charge in [0.15, 0.2) is 6.29 Å². The molecule has 1 radical (unpaired) electrons. The molecule has 0 aromatic rings. The molecule has 6 unspecified atom stereocenters. The third-order valence-corrected chi connectivity index (χ3v) is 6.04. The topological polar surface area (TPSA) is 38.7 Å². The molecule has 4 heteroatoms. The van der Waals surface area contributed by atoms with E-state index >= 15 is 0 Å². The van der Waals surface area contributed by atoms with Crippen LogP contribution in [0.25, 0.3) is 0 Å². The number of hydrogen-bond donors (Lipinski definition) is 1. The summed E-state index contributed by atoms with van der Waals surface area (Å²) in [5, 5.41) is 10.2. The number of hydrogen-bond acceptors (Lipinski definition) is 3. The number of aliphatic hydroxyl groups excluding tert-OH is 1. The number of ether oxygens (including phenoxy) is 2. The Labute approximate surface area is 158 Å². The Morgan fingerprint density at radius 3 is 2.40 bits per heavy atom. The smallest absolute Gasteiger partial charge is 0.157 e. The average Bonchev–Trinajstić information content (AvgIpc) is 3.07. The molecule has 3 aliphatic rings. The third-order valence-electron chi connectivity index (χ3n) is 6.04. The maximum absolute atomic E-state index is 10.2. The van der Waals surface area contributed by atoms with E-state index in [1.54, 1.807) is 0 Å². The summed E-state index contributed by atoms with van der Waals surface area (Å²) in [6.07, 6.45) is 5.19. The molecule has 2 saturated carbocycles. The monoisotopic (exact) mass is 495 g/mol. The van der Waals surface area contributed by atoms with Gasteiger partial charge in [-0.25, -0.2) is 0 Å². The third kappa shape index (κ3) is 3.80. The first-order chi connectivity index (χ1) is 9.15. The van der Waals surface area contributed by atoms with Crippen LogP contribution in [-0.4, -0.2) is 30.7 Å². The molecule has 0 amide bonds. The first kappa shape index (κ1) is 17.7. The maximum atomic E-state index is 10.2. The van der Waals surface area contributed by atoms with E-state index in [-0.39, 0.29) is 56.5 Å². The van der Waals surface area contributed by atoms with Crippen molar-refractivity contribution >= 4 is 0 Å². The molecule has 3 fully saturated rings. The van der Waals surface area contributed by atoms with Crippen LogP contribution in [0.3, 0.4) is 0 Å². The molecule has 0 aromatic carbocycles. The largest absolute Gasteiger partial charge is 0.393 e. The molecule has 2 bridgehead atoms. The minimum Gasteiger partial charge on any atom is -0.393 e. The first-order valence-electron chi connectivity index (χ1n) is 8.06. The normalized spacial score (nSPS) is 41.9. The van der Waals surface area contributed by atoms with Crippen LogP contribution in [0.1, 0.15) is 46.0 Å². The summed E-state index contributed by atoms with van der Waals surface area (Å²) in [5.74, 6) is 4.32. The summed E-state index contributed by atoms with van der Waals surface area (Å²) >= 11 is 0. The van der Waals surface area contributed by atoms with E-state index in [0.29, 0.717) is 13.2 Å². The second-order valence-electron chi connectivity index (χ2n) is 7.01. The van der Waals surface area contributed by atoms with Crippen molar-refractivity contribution in [2.45, 2.75) is 58.3 Å². The van der Waals surface area contributed by atoms with Crippen molar-refractivity contribution < 1.29 is 58.6 Å². The minimum atomic E-state index is -0.167. The molecule has 6 atom stereocenters. The van der Waals surface area contributed by atoms with Gasteiger partial charge in [0.25, 0.3) is 0 Å². The predicted molar refractivity (Wildman–Crippen MR) is 73.6 cm³/mol. The first-order valence-corrected chi connectivity index (χ1v) is 8.06. The molecule has 3 rings (SSSR count). The Balaban J connectivity index is 0.00000147. The van der Waals surface area contributed by atoms with Crippen molar-refractivity contribution in [2.75, 3.05) is 13.2 Å². The van der Waals surface area contributed by atoms with E-state index < -0.39 is 0 Å². The van der Waals surface area contributed by atoms with Crippen LogP contribution in [0.15, 0.2) is 0 Å². The second-order valence-corrected chi connectivity index (χ2v) is 7.01. The van der Waals surface area contributed by atoms with E-state index in [1.807, 2.05) is 0 Å². The van der Waals surface area contributed by atoms with Crippen LogP contribution in [0.4, 0.5) is 0 Å². The molecule has 0 aromatic heterocycles. The van der Waals surface area contributed by atoms with Gasteiger partial charge in [0.1, 0.15) is 0 Å². The summed E-state index contributed by atoms with van der Waals surface area (Å²) in [4.78, 5) is 0. The van der Waals surface area contributed by atoms with Crippen LogP contribution in [0.2, 0.25) is 0 Å². The summed E-state index contributed by atoms with van der Waals surface area (Å²) < 4.78 is 10.8. The molecule has 113 valence electrons. The zero-order valence-corrected chi connectivity index (χ0v) is 17.6. The van der Waals surface area contributed by atoms with Gasteiger partial charge in [-0.2, -0.15) is 0 Å². The van der Waals surface area contributed by atoms with Crippen molar-refractivity contribution in [1.82, 2.24) is 0 Å². The molecule has 1 saturated heterocycles. The van der Waals surface area contributed by atoms with Gasteiger partial charge in [-0.1, -0.05) is 13.8 Å². The Bertz CT molecular complexity index is 304. The van der Waals surface area contributed by atoms with Crippen LogP contribution >= 0.6 is 0 Å². The van der Waals surface area contributed by atoms with E-state index in [0.717, 1.165) is 48.9 Å². The van der Waals surface area contributed by atoms with Gasteiger partial charge in [0, 0.05) is 50.5 Å². The Morgan fingerprint density at radius 1 is 1.10 bits per heavy atom. The van der Waals surface area contributed by atoms with Crippen LogP contribution in [-0.2, 0) is 9.47 Å². The summed E-state index contributed by atoms with van der Waals surface area (Å²) in [6, 6.07) is 0. The van der Waals surface area contributed by atoms with Crippen molar-refractivity contribution in [3.63, 3.8) is 0 Å². The van der Waals surface area contributed by atoms with Gasteiger partial charge >= 0.3 is 0 Å². The van der Waals surface area contributed by atoms with E-state index in [1.165, 1.54) is 12.8 Å². The van der Waals surface area contributed by atoms with E-state index in [9.17, 15) is 5.11 Å². The van der Waals surface area contributed by atoms with Crippen molar-refractivity contribution in [1.29, 1.82) is 0 Å². The van der Waals surface area contributed by atoms with Crippen LogP contribution in [0, 0.1) is 73.7 Å². The molecule has 2 aliphatic carbocycles. The molecule has 0 spiro atoms. The fourth-order valence-electron chi connectivity index (χ4n) is 4.74. The van der Waals surface area contributed by atoms with Crippen molar-refractivity contribution in [2.24, 2.45) is 29.6 Å². The van der Waals surface area contributed by atoms with Gasteiger partial charge < -0.3 is 14.6 Å². The van der Waals surface area contributed by atoms with E-state index in [4.69, 9.17) is 9.47 Å². The van der Waals surface area contributed by atoms with Gasteiger partial charge in [-0.05, 0) is 55.3 Å². The number of fused-ring (bicyclic) bond motifs is 2. The van der Waals surface area contributed by atoms with Gasteiger partial charge in [-0.15, -0.1) is 0 Å². The number of rotatable bonds is 5. The Kier molecular flexibility index (Phi) is 6.83. The zero-order valence-electron chi connectivity index (χ0n) is 12.8. The molecular formula is C16H28AcO3. The SMILES string of the molecule is CC1C2CC(CC(O)CCC3OCCO3)C(C2)C1C.[Ac]. The average molecular weight is 495 g/mol. The molecule has 20 heavy (non-hydrogen) atoms. The summed E-state index contributed by atoms with van der Waals surface area (Å²) in [7, 11) is 0. The standard InChI is InChI=1S/C16H28O3.Ac/c1-10-11(2)15-9-12(10)7-13(15)8-14(17)3-4-16-18-5-6-19-16;/h10-17H,3-9H2,1-2H3;. The van der Waals surface area contributed by atoms with Crippen molar-refractivity contribution in [3.8, 4) is 0 Å². The van der Waals surface area contributed by atoms with Gasteiger partial charge in [0.2, 0.25) is 0 Å². The quantitative estimate of drug-likeness (QED) is 0.638. The molecule has 1 N–H and O–H groups in total. The summed E-state index contributed by atoms with van der Waals surface area (Å²) in [5.41, 5.74) is 0. The van der Waals surface area contributed by atoms with Crippen molar-refractivity contribution in [3.05, 3.63) is 0 Å². The maximum Gasteiger partial charge on any atom is 0.157 e. The molecule has 3 nitrogen and oxygen atoms in total. The predicted octanol–water partition coefficient (Wildman–Crippen LogP) is 2.82. The fourth-order valence-corrected chi connectivity index (χ4v) is 4.74. The molecule has 1 aliphatic heterocycles.